The van der Waals surface area contributed by atoms with Crippen LogP contribution >= 0.6 is 0 Å². The number of unbranched alkanes of at least 4 members (excludes halogenated alkanes) is 31. The molecule has 0 spiro atoms. The molecular formula is C48H93NO11S. The normalized spacial score (nSPS) is 20.7. The Bertz CT molecular complexity index is 1140. The van der Waals surface area contributed by atoms with Crippen molar-refractivity contribution in [2.24, 2.45) is 0 Å². The van der Waals surface area contributed by atoms with Crippen LogP contribution in [0.2, 0.25) is 0 Å². The van der Waals surface area contributed by atoms with E-state index in [1.807, 2.05) is 6.08 Å². The highest BCUT2D eigenvalue weighted by Crippen LogP contribution is 2.26. The molecule has 13 heteroatoms. The number of allylic oxidation sites excluding steroid dienone is 1. The fraction of sp³-hybridized carbons (Fsp3) is 0.938. The van der Waals surface area contributed by atoms with E-state index in [0.717, 1.165) is 38.5 Å². The van der Waals surface area contributed by atoms with Crippen LogP contribution in [-0.4, -0.2) is 95.4 Å². The van der Waals surface area contributed by atoms with Crippen LogP contribution in [0.15, 0.2) is 12.2 Å². The Balaban J connectivity index is 2.40. The van der Waals surface area contributed by atoms with Crippen molar-refractivity contribution < 1.29 is 51.8 Å². The molecule has 362 valence electrons. The lowest BCUT2D eigenvalue weighted by molar-refractivity contribution is -0.298. The zero-order valence-corrected chi connectivity index (χ0v) is 39.6. The van der Waals surface area contributed by atoms with Gasteiger partial charge in [0.1, 0.15) is 24.4 Å². The number of amides is 1. The Kier molecular flexibility index (Phi) is 37.2. The van der Waals surface area contributed by atoms with E-state index in [1.54, 1.807) is 6.08 Å². The van der Waals surface area contributed by atoms with Crippen molar-refractivity contribution in [2.75, 3.05) is 13.2 Å². The summed E-state index contributed by atoms with van der Waals surface area (Å²) in [6, 6.07) is -0.938. The van der Waals surface area contributed by atoms with E-state index in [0.29, 0.717) is 6.42 Å². The van der Waals surface area contributed by atoms with Crippen molar-refractivity contribution in [2.45, 2.75) is 275 Å². The number of nitrogens with one attached hydrogen (secondary N) is 1. The van der Waals surface area contributed by atoms with Crippen LogP contribution in [0.5, 0.6) is 0 Å². The maximum Gasteiger partial charge on any atom is 0.397 e. The van der Waals surface area contributed by atoms with Gasteiger partial charge in [-0.1, -0.05) is 219 Å². The maximum absolute atomic E-state index is 13.0. The average molecular weight is 892 g/mol. The predicted molar refractivity (Wildman–Crippen MR) is 246 cm³/mol. The van der Waals surface area contributed by atoms with Crippen LogP contribution in [-0.2, 0) is 28.9 Å². The molecule has 1 aliphatic rings. The number of ether oxygens (including phenoxy) is 2. The minimum Gasteiger partial charge on any atom is -0.394 e. The Labute approximate surface area is 372 Å². The highest BCUT2D eigenvalue weighted by Gasteiger charge is 2.48. The van der Waals surface area contributed by atoms with Crippen molar-refractivity contribution in [3.8, 4) is 0 Å². The lowest BCUT2D eigenvalue weighted by atomic mass is 9.99. The molecule has 12 nitrogen and oxygen atoms in total. The number of hydrogen-bond acceptors (Lipinski definition) is 10. The third-order valence-electron chi connectivity index (χ3n) is 12.1. The molecule has 1 rings (SSSR count). The molecule has 0 bridgehead atoms. The standard InChI is InChI=1S/C48H93NO11S/c1-3-5-7-9-11-13-15-17-18-19-20-21-22-23-24-25-26-28-30-32-34-36-38-44(52)49-41(42(51)37-35-33-31-29-27-16-14-12-10-8-6-4-2)40-58-48-46(54)47(60-61(55,56)57)45(53)43(39-50)59-48/h35,37,41-43,45-48,50-51,53-54H,3-34,36,38-40H2,1-2H3,(H,49,52)(H,55,56,57)/b37-35+. The van der Waals surface area contributed by atoms with Gasteiger partial charge in [-0.2, -0.15) is 8.42 Å². The van der Waals surface area contributed by atoms with Crippen LogP contribution in [0, 0.1) is 0 Å². The van der Waals surface area contributed by atoms with E-state index < -0.39 is 59.9 Å². The highest BCUT2D eigenvalue weighted by molar-refractivity contribution is 7.80. The number of carbonyl (C=O) groups is 1. The summed E-state index contributed by atoms with van der Waals surface area (Å²) in [4.78, 5) is 13.0. The van der Waals surface area contributed by atoms with Crippen molar-refractivity contribution in [3.63, 3.8) is 0 Å². The molecule has 0 radical (unpaired) electrons. The molecule has 1 heterocycles. The summed E-state index contributed by atoms with van der Waals surface area (Å²) < 4.78 is 47.6. The molecule has 0 aliphatic carbocycles. The van der Waals surface area contributed by atoms with Gasteiger partial charge < -0.3 is 35.2 Å². The zero-order chi connectivity index (χ0) is 44.8. The number of carbonyl (C=O) groups excluding carboxylic acids is 1. The summed E-state index contributed by atoms with van der Waals surface area (Å²) in [7, 11) is -5.08. The van der Waals surface area contributed by atoms with E-state index in [9.17, 15) is 38.2 Å². The zero-order valence-electron chi connectivity index (χ0n) is 38.7. The molecule has 1 saturated heterocycles. The van der Waals surface area contributed by atoms with Crippen molar-refractivity contribution in [1.82, 2.24) is 5.32 Å². The van der Waals surface area contributed by atoms with Gasteiger partial charge in [0.15, 0.2) is 6.29 Å². The highest BCUT2D eigenvalue weighted by atomic mass is 32.3. The van der Waals surface area contributed by atoms with Gasteiger partial charge in [0.2, 0.25) is 5.91 Å². The molecule has 1 amide bonds. The monoisotopic (exact) mass is 892 g/mol. The number of aliphatic hydroxyl groups excluding tert-OH is 4. The molecule has 6 N–H and O–H groups in total. The van der Waals surface area contributed by atoms with Gasteiger partial charge in [-0.25, -0.2) is 4.18 Å². The molecule has 7 atom stereocenters. The van der Waals surface area contributed by atoms with Gasteiger partial charge in [-0.05, 0) is 19.3 Å². The summed E-state index contributed by atoms with van der Waals surface area (Å²) in [5.41, 5.74) is 0. The average Bonchev–Trinajstić information content (AvgIpc) is 3.23. The third kappa shape index (κ3) is 32.2. The summed E-state index contributed by atoms with van der Waals surface area (Å²) >= 11 is 0. The number of hydrogen-bond donors (Lipinski definition) is 6. The second kappa shape index (κ2) is 39.2. The van der Waals surface area contributed by atoms with Gasteiger partial charge in [0.05, 0.1) is 25.4 Å². The minimum atomic E-state index is -5.08. The van der Waals surface area contributed by atoms with E-state index in [1.165, 1.54) is 167 Å². The largest absolute Gasteiger partial charge is 0.397 e. The molecule has 0 aromatic heterocycles. The van der Waals surface area contributed by atoms with Crippen molar-refractivity contribution >= 4 is 16.3 Å². The van der Waals surface area contributed by atoms with E-state index in [2.05, 4.69) is 23.3 Å². The lowest BCUT2D eigenvalue weighted by Crippen LogP contribution is -2.61. The van der Waals surface area contributed by atoms with Gasteiger partial charge in [-0.3, -0.25) is 9.35 Å². The van der Waals surface area contributed by atoms with Gasteiger partial charge in [0, 0.05) is 6.42 Å². The first kappa shape index (κ1) is 57.9. The quantitative estimate of drug-likeness (QED) is 0.0194. The second-order valence-corrected chi connectivity index (χ2v) is 18.8. The first-order valence-electron chi connectivity index (χ1n) is 25.1. The minimum absolute atomic E-state index is 0.259. The van der Waals surface area contributed by atoms with Crippen LogP contribution in [0.1, 0.15) is 232 Å². The molecule has 0 saturated carbocycles. The SMILES string of the molecule is CCCCCCCCCCCC/C=C/C(O)C(COC1OC(CO)C(O)C(OS(=O)(=O)O)C1O)NC(=O)CCCCCCCCCCCCCCCCCCCCCCCC. The molecule has 0 aromatic carbocycles. The number of aliphatic hydroxyl groups is 4. The summed E-state index contributed by atoms with van der Waals surface area (Å²) in [6.07, 6.45) is 35.4. The Morgan fingerprint density at radius 3 is 1.43 bits per heavy atom. The third-order valence-corrected chi connectivity index (χ3v) is 12.5. The first-order chi connectivity index (χ1) is 29.5. The van der Waals surface area contributed by atoms with Gasteiger partial charge in [0.25, 0.3) is 0 Å². The van der Waals surface area contributed by atoms with E-state index in [4.69, 9.17) is 9.47 Å². The van der Waals surface area contributed by atoms with E-state index >= 15 is 0 Å². The van der Waals surface area contributed by atoms with Crippen molar-refractivity contribution in [1.29, 1.82) is 0 Å². The first-order valence-corrected chi connectivity index (χ1v) is 26.4. The van der Waals surface area contributed by atoms with Crippen LogP contribution in [0.3, 0.4) is 0 Å². The maximum atomic E-state index is 13.0. The lowest BCUT2D eigenvalue weighted by Gasteiger charge is -2.41. The topological polar surface area (TPSA) is 192 Å². The molecule has 61 heavy (non-hydrogen) atoms. The van der Waals surface area contributed by atoms with Crippen molar-refractivity contribution in [3.05, 3.63) is 12.2 Å². The molecular weight excluding hydrogens is 799 g/mol. The van der Waals surface area contributed by atoms with Crippen LogP contribution < -0.4 is 5.32 Å². The molecule has 0 aromatic rings. The molecule has 1 aliphatic heterocycles. The van der Waals surface area contributed by atoms with Gasteiger partial charge >= 0.3 is 10.4 Å². The predicted octanol–water partition coefficient (Wildman–Crippen LogP) is 10.3. The van der Waals surface area contributed by atoms with Gasteiger partial charge in [-0.15, -0.1) is 0 Å². The second-order valence-electron chi connectivity index (χ2n) is 17.8. The fourth-order valence-corrected chi connectivity index (χ4v) is 8.67. The Morgan fingerprint density at radius 2 is 1.03 bits per heavy atom. The Hall–Kier alpha value is -1.16. The van der Waals surface area contributed by atoms with E-state index in [-0.39, 0.29) is 18.9 Å². The van der Waals surface area contributed by atoms with Crippen LogP contribution in [0.4, 0.5) is 0 Å². The van der Waals surface area contributed by atoms with Crippen LogP contribution in [0.25, 0.3) is 0 Å². The summed E-state index contributed by atoms with van der Waals surface area (Å²) in [6.45, 7) is 3.40. The number of rotatable bonds is 43. The summed E-state index contributed by atoms with van der Waals surface area (Å²) in [5, 5.41) is 44.7. The summed E-state index contributed by atoms with van der Waals surface area (Å²) in [5.74, 6) is -0.259. The fourth-order valence-electron chi connectivity index (χ4n) is 8.16. The molecule has 7 unspecified atom stereocenters. The molecule has 1 fully saturated rings. The smallest absolute Gasteiger partial charge is 0.394 e. The Morgan fingerprint density at radius 1 is 0.639 bits per heavy atom.